The number of hydrogen-bond acceptors (Lipinski definition) is 4. The third-order valence-corrected chi connectivity index (χ3v) is 6.83. The van der Waals surface area contributed by atoms with Gasteiger partial charge >= 0.3 is 23.9 Å². The summed E-state index contributed by atoms with van der Waals surface area (Å²) in [5.74, 6) is -4.86. The Balaban J connectivity index is 1.83. The zero-order valence-corrected chi connectivity index (χ0v) is 22.2. The van der Waals surface area contributed by atoms with Crippen molar-refractivity contribution in [2.45, 2.75) is 27.7 Å². The van der Waals surface area contributed by atoms with Gasteiger partial charge in [-0.1, -0.05) is 24.3 Å². The van der Waals surface area contributed by atoms with Gasteiger partial charge in [0.1, 0.15) is 0 Å². The molecular weight excluding hydrogens is 512 g/mol. The molecule has 202 valence electrons. The van der Waals surface area contributed by atoms with Gasteiger partial charge in [0.2, 0.25) is 0 Å². The van der Waals surface area contributed by atoms with Crippen LogP contribution in [0.25, 0.3) is 33.4 Å². The van der Waals surface area contributed by atoms with Gasteiger partial charge in [-0.2, -0.15) is 0 Å². The summed E-state index contributed by atoms with van der Waals surface area (Å²) in [7, 11) is 0. The fourth-order valence-corrected chi connectivity index (χ4v) is 5.21. The standard InChI is InChI=1S/C32H26O8/c1-15-5-19(6-16(2)27(15)21-9-23(29(33)34)13-24(10-21)30(35)36)20-7-17(3)28(18(4)8-20)22-11-25(31(37)38)14-26(12-22)32(39)40/h5-14H,1-4H3,(H,33,34)(H,35,36)(H,37,38)(H,39,40). The molecule has 0 unspecified atom stereocenters. The maximum absolute atomic E-state index is 11.6. The third-order valence-electron chi connectivity index (χ3n) is 6.83. The number of hydrogen-bond donors (Lipinski definition) is 4. The molecule has 4 N–H and O–H groups in total. The van der Waals surface area contributed by atoms with Crippen molar-refractivity contribution in [1.82, 2.24) is 0 Å². The van der Waals surface area contributed by atoms with E-state index in [-0.39, 0.29) is 22.3 Å². The van der Waals surface area contributed by atoms with Gasteiger partial charge in [0.05, 0.1) is 22.3 Å². The SMILES string of the molecule is Cc1cc(-c2cc(C)c(-c3cc(C(=O)O)cc(C(=O)O)c3)c(C)c2)cc(C)c1-c1cc(C(=O)O)cc(C(=O)O)c1. The van der Waals surface area contributed by atoms with Crippen LogP contribution in [0.3, 0.4) is 0 Å². The van der Waals surface area contributed by atoms with Crippen LogP contribution in [0.1, 0.15) is 63.7 Å². The average molecular weight is 539 g/mol. The molecular formula is C32H26O8. The lowest BCUT2D eigenvalue weighted by atomic mass is 9.87. The van der Waals surface area contributed by atoms with E-state index in [2.05, 4.69) is 0 Å². The topological polar surface area (TPSA) is 149 Å². The average Bonchev–Trinajstić information content (AvgIpc) is 2.87. The van der Waals surface area contributed by atoms with Crippen LogP contribution < -0.4 is 0 Å². The highest BCUT2D eigenvalue weighted by Crippen LogP contribution is 2.37. The van der Waals surface area contributed by atoms with Gasteiger partial charge in [0, 0.05) is 0 Å². The zero-order valence-electron chi connectivity index (χ0n) is 22.2. The second-order valence-electron chi connectivity index (χ2n) is 9.79. The first kappa shape index (κ1) is 27.8. The van der Waals surface area contributed by atoms with Gasteiger partial charge in [0.15, 0.2) is 0 Å². The van der Waals surface area contributed by atoms with Crippen molar-refractivity contribution in [2.24, 2.45) is 0 Å². The van der Waals surface area contributed by atoms with E-state index in [1.165, 1.54) is 24.3 Å². The maximum Gasteiger partial charge on any atom is 0.335 e. The lowest BCUT2D eigenvalue weighted by Gasteiger charge is -2.17. The Labute approximate surface area is 229 Å². The largest absolute Gasteiger partial charge is 0.478 e. The Hall–Kier alpha value is -5.24. The monoisotopic (exact) mass is 538 g/mol. The van der Waals surface area contributed by atoms with Crippen molar-refractivity contribution in [1.29, 1.82) is 0 Å². The summed E-state index contributed by atoms with van der Waals surface area (Å²) in [5.41, 5.74) is 7.10. The van der Waals surface area contributed by atoms with E-state index < -0.39 is 23.9 Å². The summed E-state index contributed by atoms with van der Waals surface area (Å²) in [4.78, 5) is 46.5. The molecule has 0 fully saturated rings. The molecule has 0 heterocycles. The van der Waals surface area contributed by atoms with Crippen LogP contribution in [0, 0.1) is 27.7 Å². The summed E-state index contributed by atoms with van der Waals surface area (Å²) in [6.45, 7) is 7.49. The van der Waals surface area contributed by atoms with Gasteiger partial charge in [-0.15, -0.1) is 0 Å². The van der Waals surface area contributed by atoms with Crippen molar-refractivity contribution in [3.8, 4) is 33.4 Å². The fourth-order valence-electron chi connectivity index (χ4n) is 5.21. The van der Waals surface area contributed by atoms with Crippen molar-refractivity contribution >= 4 is 23.9 Å². The van der Waals surface area contributed by atoms with Gasteiger partial charge < -0.3 is 20.4 Å². The Bertz CT molecular complexity index is 1510. The molecule has 0 aromatic heterocycles. The molecule has 8 heteroatoms. The second kappa shape index (κ2) is 10.5. The molecule has 0 atom stereocenters. The lowest BCUT2D eigenvalue weighted by molar-refractivity contribution is 0.0676. The van der Waals surface area contributed by atoms with Crippen LogP contribution in [-0.2, 0) is 0 Å². The van der Waals surface area contributed by atoms with Gasteiger partial charge in [-0.25, -0.2) is 19.2 Å². The molecule has 0 saturated carbocycles. The van der Waals surface area contributed by atoms with Crippen molar-refractivity contribution < 1.29 is 39.6 Å². The Morgan fingerprint density at radius 2 is 0.600 bits per heavy atom. The van der Waals surface area contributed by atoms with Gasteiger partial charge in [-0.05, 0) is 120 Å². The molecule has 4 aromatic carbocycles. The van der Waals surface area contributed by atoms with Crippen LogP contribution in [0.4, 0.5) is 0 Å². The summed E-state index contributed by atoms with van der Waals surface area (Å²) in [6, 6.07) is 15.9. The highest BCUT2D eigenvalue weighted by Gasteiger charge is 2.18. The molecule has 0 bridgehead atoms. The minimum Gasteiger partial charge on any atom is -0.478 e. The van der Waals surface area contributed by atoms with Crippen molar-refractivity contribution in [3.63, 3.8) is 0 Å². The van der Waals surface area contributed by atoms with E-state index in [1.807, 2.05) is 52.0 Å². The summed E-state index contributed by atoms with van der Waals surface area (Å²) >= 11 is 0. The molecule has 0 aliphatic heterocycles. The number of carboxylic acids is 4. The number of carbonyl (C=O) groups is 4. The van der Waals surface area contributed by atoms with E-state index in [0.29, 0.717) is 11.1 Å². The van der Waals surface area contributed by atoms with Crippen LogP contribution in [0.15, 0.2) is 60.7 Å². The molecule has 0 spiro atoms. The third kappa shape index (κ3) is 5.33. The number of aryl methyl sites for hydroxylation is 4. The summed E-state index contributed by atoms with van der Waals surface area (Å²) in [5, 5.41) is 37.9. The Morgan fingerprint density at radius 1 is 0.375 bits per heavy atom. The van der Waals surface area contributed by atoms with E-state index in [9.17, 15) is 39.6 Å². The highest BCUT2D eigenvalue weighted by molar-refractivity contribution is 5.98. The fraction of sp³-hybridized carbons (Fsp3) is 0.125. The Morgan fingerprint density at radius 3 is 0.800 bits per heavy atom. The van der Waals surface area contributed by atoms with E-state index >= 15 is 0 Å². The van der Waals surface area contributed by atoms with Gasteiger partial charge in [0.25, 0.3) is 0 Å². The van der Waals surface area contributed by atoms with Crippen LogP contribution >= 0.6 is 0 Å². The second-order valence-corrected chi connectivity index (χ2v) is 9.79. The van der Waals surface area contributed by atoms with Crippen LogP contribution in [-0.4, -0.2) is 44.3 Å². The van der Waals surface area contributed by atoms with Gasteiger partial charge in [-0.3, -0.25) is 0 Å². The first-order chi connectivity index (χ1) is 18.8. The number of carboxylic acid groups (broad SMARTS) is 4. The predicted octanol–water partition coefficient (Wildman–Crippen LogP) is 6.71. The molecule has 0 aliphatic carbocycles. The van der Waals surface area contributed by atoms with Crippen LogP contribution in [0.2, 0.25) is 0 Å². The molecule has 4 rings (SSSR count). The highest BCUT2D eigenvalue weighted by atomic mass is 16.4. The Kier molecular flexibility index (Phi) is 7.29. The number of aromatic carboxylic acids is 4. The maximum atomic E-state index is 11.6. The minimum atomic E-state index is -1.22. The van der Waals surface area contributed by atoms with Crippen molar-refractivity contribution in [3.05, 3.63) is 105 Å². The first-order valence-electron chi connectivity index (χ1n) is 12.2. The molecule has 0 amide bonds. The lowest BCUT2D eigenvalue weighted by Crippen LogP contribution is -2.04. The molecule has 4 aromatic rings. The molecule has 0 radical (unpaired) electrons. The first-order valence-corrected chi connectivity index (χ1v) is 12.2. The summed E-state index contributed by atoms with van der Waals surface area (Å²) < 4.78 is 0. The molecule has 0 aliphatic rings. The molecule has 40 heavy (non-hydrogen) atoms. The number of benzene rings is 4. The smallest absolute Gasteiger partial charge is 0.335 e. The van der Waals surface area contributed by atoms with E-state index in [1.54, 1.807) is 0 Å². The minimum absolute atomic E-state index is 0.113. The van der Waals surface area contributed by atoms with E-state index in [0.717, 1.165) is 56.6 Å². The molecule has 0 saturated heterocycles. The predicted molar refractivity (Wildman–Crippen MR) is 150 cm³/mol. The quantitative estimate of drug-likeness (QED) is 0.203. The zero-order chi connectivity index (χ0) is 29.5. The summed E-state index contributed by atoms with van der Waals surface area (Å²) in [6.07, 6.45) is 0. The van der Waals surface area contributed by atoms with E-state index in [4.69, 9.17) is 0 Å². The molecule has 8 nitrogen and oxygen atoms in total. The normalized spacial score (nSPS) is 10.8. The van der Waals surface area contributed by atoms with Crippen molar-refractivity contribution in [2.75, 3.05) is 0 Å². The number of rotatable bonds is 7. The van der Waals surface area contributed by atoms with Crippen LogP contribution in [0.5, 0.6) is 0 Å².